The summed E-state index contributed by atoms with van der Waals surface area (Å²) in [6.07, 6.45) is 1.13. The molecule has 2 aromatic rings. The van der Waals surface area contributed by atoms with E-state index in [0.717, 1.165) is 0 Å². The van der Waals surface area contributed by atoms with Crippen molar-refractivity contribution in [1.82, 2.24) is 0 Å². The highest BCUT2D eigenvalue weighted by atomic mass is 16.6. The number of carbonyl (C=O) groups is 4. The number of hydrogen-bond acceptors (Lipinski definition) is 5. The first-order valence-corrected chi connectivity index (χ1v) is 10.6. The summed E-state index contributed by atoms with van der Waals surface area (Å²) in [5, 5.41) is 20.1. The van der Waals surface area contributed by atoms with Gasteiger partial charge in [0.15, 0.2) is 10.8 Å². The third-order valence-corrected chi connectivity index (χ3v) is 5.68. The first-order valence-electron chi connectivity index (χ1n) is 10.6. The molecular formula is C25H28O7. The Morgan fingerprint density at radius 2 is 1.09 bits per heavy atom. The first kappa shape index (κ1) is 24.8. The van der Waals surface area contributed by atoms with E-state index in [1.165, 1.54) is 24.3 Å². The molecule has 0 aromatic heterocycles. The number of carbonyl (C=O) groups excluding carboxylic acids is 2. The minimum atomic E-state index is -2.13. The van der Waals surface area contributed by atoms with Crippen LogP contribution in [-0.2, 0) is 34.7 Å². The van der Waals surface area contributed by atoms with E-state index in [4.69, 9.17) is 4.74 Å². The summed E-state index contributed by atoms with van der Waals surface area (Å²) < 4.78 is 5.12. The second-order valence-corrected chi connectivity index (χ2v) is 7.68. The van der Waals surface area contributed by atoms with Crippen molar-refractivity contribution in [2.45, 2.75) is 56.8 Å². The molecule has 0 amide bonds. The van der Waals surface area contributed by atoms with Crippen LogP contribution in [-0.4, -0.2) is 34.1 Å². The minimum Gasteiger partial charge on any atom is -0.480 e. The van der Waals surface area contributed by atoms with Crippen molar-refractivity contribution < 1.29 is 34.1 Å². The number of aliphatic carboxylic acids is 2. The van der Waals surface area contributed by atoms with Crippen LogP contribution < -0.4 is 0 Å². The van der Waals surface area contributed by atoms with Crippen LogP contribution in [0.3, 0.4) is 0 Å². The summed E-state index contributed by atoms with van der Waals surface area (Å²) in [5.74, 6) is -5.49. The normalized spacial score (nSPS) is 14.6. The SMILES string of the molecule is CCCCC(C(=O)O)(C(=O)OC(=O)C(CCC)(C(=O)O)c1ccccc1)c1ccccc1. The molecule has 32 heavy (non-hydrogen) atoms. The fourth-order valence-corrected chi connectivity index (χ4v) is 3.88. The summed E-state index contributed by atoms with van der Waals surface area (Å²) in [7, 11) is 0. The maximum absolute atomic E-state index is 13.3. The van der Waals surface area contributed by atoms with E-state index in [1.54, 1.807) is 43.3 Å². The highest BCUT2D eigenvalue weighted by Gasteiger charge is 2.54. The third kappa shape index (κ3) is 4.56. The lowest BCUT2D eigenvalue weighted by atomic mass is 9.75. The molecule has 0 saturated heterocycles. The molecule has 0 heterocycles. The van der Waals surface area contributed by atoms with Crippen molar-refractivity contribution in [2.75, 3.05) is 0 Å². The standard InChI is InChI=1S/C25H28O7/c1-3-5-17-25(21(28)29,19-14-10-7-11-15-19)23(31)32-22(30)24(16-4-2,20(26)27)18-12-8-6-9-13-18/h6-15H,3-5,16-17H2,1-2H3,(H,26,27)(H,28,29). The molecule has 2 rings (SSSR count). The number of hydrogen-bond donors (Lipinski definition) is 2. The van der Waals surface area contributed by atoms with Gasteiger partial charge in [-0.2, -0.15) is 0 Å². The Bertz CT molecular complexity index is 955. The second kappa shape index (κ2) is 10.7. The summed E-state index contributed by atoms with van der Waals surface area (Å²) in [4.78, 5) is 51.3. The molecule has 0 aliphatic carbocycles. The monoisotopic (exact) mass is 440 g/mol. The lowest BCUT2D eigenvalue weighted by Crippen LogP contribution is -2.51. The van der Waals surface area contributed by atoms with Gasteiger partial charge < -0.3 is 14.9 Å². The van der Waals surface area contributed by atoms with Crippen LogP contribution in [0, 0.1) is 0 Å². The van der Waals surface area contributed by atoms with Crippen LogP contribution in [0.4, 0.5) is 0 Å². The van der Waals surface area contributed by atoms with E-state index < -0.39 is 34.7 Å². The molecule has 0 bridgehead atoms. The van der Waals surface area contributed by atoms with Crippen molar-refractivity contribution in [3.63, 3.8) is 0 Å². The van der Waals surface area contributed by atoms with Crippen LogP contribution in [0.2, 0.25) is 0 Å². The highest BCUT2D eigenvalue weighted by Crippen LogP contribution is 2.36. The molecule has 0 aliphatic rings. The van der Waals surface area contributed by atoms with Crippen molar-refractivity contribution in [2.24, 2.45) is 0 Å². The summed E-state index contributed by atoms with van der Waals surface area (Å²) in [6.45, 7) is 3.56. The average molecular weight is 440 g/mol. The van der Waals surface area contributed by atoms with Crippen LogP contribution in [0.25, 0.3) is 0 Å². The number of carboxylic acid groups (broad SMARTS) is 2. The molecule has 2 aromatic carbocycles. The summed E-state index contributed by atoms with van der Waals surface area (Å²) in [6, 6.07) is 15.7. The minimum absolute atomic E-state index is 0.0891. The Balaban J connectivity index is 2.56. The van der Waals surface area contributed by atoms with Crippen LogP contribution >= 0.6 is 0 Å². The molecule has 0 saturated carbocycles. The predicted octanol–water partition coefficient (Wildman–Crippen LogP) is 4.09. The zero-order valence-corrected chi connectivity index (χ0v) is 18.2. The van der Waals surface area contributed by atoms with Gasteiger partial charge in [-0.05, 0) is 24.0 Å². The number of esters is 2. The van der Waals surface area contributed by atoms with Gasteiger partial charge in [0.2, 0.25) is 0 Å². The van der Waals surface area contributed by atoms with Gasteiger partial charge in [0, 0.05) is 0 Å². The van der Waals surface area contributed by atoms with Crippen molar-refractivity contribution in [3.05, 3.63) is 71.8 Å². The quantitative estimate of drug-likeness (QED) is 0.399. The van der Waals surface area contributed by atoms with E-state index >= 15 is 0 Å². The van der Waals surface area contributed by atoms with Crippen LogP contribution in [0.5, 0.6) is 0 Å². The largest absolute Gasteiger partial charge is 0.480 e. The fourth-order valence-electron chi connectivity index (χ4n) is 3.88. The molecule has 2 N–H and O–H groups in total. The lowest BCUT2D eigenvalue weighted by molar-refractivity contribution is -0.175. The van der Waals surface area contributed by atoms with Gasteiger partial charge >= 0.3 is 23.9 Å². The van der Waals surface area contributed by atoms with Crippen LogP contribution in [0.15, 0.2) is 60.7 Å². The van der Waals surface area contributed by atoms with E-state index in [-0.39, 0.29) is 24.0 Å². The van der Waals surface area contributed by atoms with Gasteiger partial charge in [0.05, 0.1) is 0 Å². The zero-order valence-electron chi connectivity index (χ0n) is 18.2. The van der Waals surface area contributed by atoms with Gasteiger partial charge in [-0.3, -0.25) is 9.59 Å². The molecule has 2 atom stereocenters. The van der Waals surface area contributed by atoms with E-state index in [1.807, 2.05) is 6.92 Å². The van der Waals surface area contributed by atoms with E-state index in [2.05, 4.69) is 0 Å². The summed E-state index contributed by atoms with van der Waals surface area (Å²) >= 11 is 0. The fraction of sp³-hybridized carbons (Fsp3) is 0.360. The maximum Gasteiger partial charge on any atom is 0.335 e. The van der Waals surface area contributed by atoms with E-state index in [9.17, 15) is 29.4 Å². The molecule has 0 radical (unpaired) electrons. The molecule has 0 aliphatic heterocycles. The van der Waals surface area contributed by atoms with Crippen molar-refractivity contribution in [3.8, 4) is 0 Å². The highest BCUT2D eigenvalue weighted by molar-refractivity contribution is 6.13. The zero-order chi connectivity index (χ0) is 23.8. The van der Waals surface area contributed by atoms with Gasteiger partial charge in [0.25, 0.3) is 0 Å². The average Bonchev–Trinajstić information content (AvgIpc) is 2.78. The third-order valence-electron chi connectivity index (χ3n) is 5.68. The number of ether oxygens (including phenoxy) is 1. The molecule has 0 fully saturated rings. The Labute approximate surface area is 187 Å². The Morgan fingerprint density at radius 3 is 1.44 bits per heavy atom. The van der Waals surface area contributed by atoms with Gasteiger partial charge in [-0.15, -0.1) is 0 Å². The van der Waals surface area contributed by atoms with Gasteiger partial charge in [-0.25, -0.2) is 9.59 Å². The Morgan fingerprint density at radius 1 is 0.688 bits per heavy atom. The number of unbranched alkanes of at least 4 members (excludes halogenated alkanes) is 1. The molecule has 170 valence electrons. The van der Waals surface area contributed by atoms with E-state index in [0.29, 0.717) is 19.3 Å². The number of rotatable bonds is 11. The second-order valence-electron chi connectivity index (χ2n) is 7.68. The maximum atomic E-state index is 13.3. The van der Waals surface area contributed by atoms with Crippen molar-refractivity contribution in [1.29, 1.82) is 0 Å². The molecule has 7 heteroatoms. The van der Waals surface area contributed by atoms with Gasteiger partial charge in [0.1, 0.15) is 0 Å². The summed E-state index contributed by atoms with van der Waals surface area (Å²) in [5.41, 5.74) is -3.91. The smallest absolute Gasteiger partial charge is 0.335 e. The first-order chi connectivity index (χ1) is 15.3. The van der Waals surface area contributed by atoms with Gasteiger partial charge in [-0.1, -0.05) is 93.8 Å². The van der Waals surface area contributed by atoms with Crippen LogP contribution in [0.1, 0.15) is 57.1 Å². The topological polar surface area (TPSA) is 118 Å². The molecular weight excluding hydrogens is 412 g/mol. The molecule has 2 unspecified atom stereocenters. The number of benzene rings is 2. The molecule has 7 nitrogen and oxygen atoms in total. The number of carboxylic acids is 2. The predicted molar refractivity (Wildman–Crippen MR) is 117 cm³/mol. The lowest BCUT2D eigenvalue weighted by Gasteiger charge is -2.31. The van der Waals surface area contributed by atoms with Crippen molar-refractivity contribution >= 4 is 23.9 Å². The Kier molecular flexibility index (Phi) is 8.29. The molecule has 0 spiro atoms. The Hall–Kier alpha value is -3.48.